The lowest BCUT2D eigenvalue weighted by Crippen LogP contribution is -1.92. The van der Waals surface area contributed by atoms with E-state index >= 15 is 0 Å². The van der Waals surface area contributed by atoms with Crippen LogP contribution in [0.1, 0.15) is 17.0 Å². The lowest BCUT2D eigenvalue weighted by Gasteiger charge is -1.97. The maximum Gasteiger partial charge on any atom is 0.228 e. The molecule has 18 heavy (non-hydrogen) atoms. The van der Waals surface area contributed by atoms with E-state index in [1.165, 1.54) is 5.56 Å². The summed E-state index contributed by atoms with van der Waals surface area (Å²) in [4.78, 5) is 7.65. The first-order chi connectivity index (χ1) is 8.69. The Hall–Kier alpha value is -2.07. The Kier molecular flexibility index (Phi) is 2.45. The number of nitrogens with one attached hydrogen (secondary N) is 1. The maximum absolute atomic E-state index is 5.65. The summed E-state index contributed by atoms with van der Waals surface area (Å²) < 4.78 is 5.65. The minimum atomic E-state index is 0.368. The molecule has 0 radical (unpaired) electrons. The van der Waals surface area contributed by atoms with E-state index in [0.717, 1.165) is 22.2 Å². The van der Waals surface area contributed by atoms with Crippen molar-refractivity contribution in [2.45, 2.75) is 20.4 Å². The van der Waals surface area contributed by atoms with Gasteiger partial charge in [-0.3, -0.25) is 0 Å². The van der Waals surface area contributed by atoms with Gasteiger partial charge in [0, 0.05) is 16.6 Å². The van der Waals surface area contributed by atoms with Crippen LogP contribution in [0.15, 0.2) is 28.8 Å². The number of benzene rings is 1. The molecular formula is C14H15N3O. The summed E-state index contributed by atoms with van der Waals surface area (Å²) in [6.07, 6.45) is 1.68. The Morgan fingerprint density at radius 2 is 2.17 bits per heavy atom. The van der Waals surface area contributed by atoms with E-state index in [0.29, 0.717) is 18.2 Å². The van der Waals surface area contributed by atoms with Crippen LogP contribution in [-0.2, 0) is 6.54 Å². The first-order valence-corrected chi connectivity index (χ1v) is 5.93. The largest absolute Gasteiger partial charge is 0.440 e. The van der Waals surface area contributed by atoms with E-state index in [4.69, 9.17) is 10.2 Å². The standard InChI is InChI=1S/C14H15N3O/c1-8-3-4-12-11(5-8)13(9(2)17-12)14-16-7-10(6-15)18-14/h3-5,7,17H,6,15H2,1-2H3. The number of aromatic amines is 1. The molecule has 1 aromatic carbocycles. The van der Waals surface area contributed by atoms with Crippen LogP contribution in [0.3, 0.4) is 0 Å². The van der Waals surface area contributed by atoms with Crippen molar-refractivity contribution in [3.63, 3.8) is 0 Å². The van der Waals surface area contributed by atoms with Crippen molar-refractivity contribution in [1.82, 2.24) is 9.97 Å². The number of rotatable bonds is 2. The molecule has 0 amide bonds. The molecule has 0 saturated carbocycles. The number of aryl methyl sites for hydroxylation is 2. The number of fused-ring (bicyclic) bond motifs is 1. The highest BCUT2D eigenvalue weighted by Crippen LogP contribution is 2.32. The van der Waals surface area contributed by atoms with Gasteiger partial charge < -0.3 is 15.1 Å². The summed E-state index contributed by atoms with van der Waals surface area (Å²) in [6.45, 7) is 4.47. The van der Waals surface area contributed by atoms with Gasteiger partial charge in [0.25, 0.3) is 0 Å². The highest BCUT2D eigenvalue weighted by atomic mass is 16.4. The van der Waals surface area contributed by atoms with Crippen LogP contribution < -0.4 is 5.73 Å². The molecule has 2 aromatic heterocycles. The van der Waals surface area contributed by atoms with E-state index in [2.05, 4.69) is 35.1 Å². The van der Waals surface area contributed by atoms with E-state index in [9.17, 15) is 0 Å². The average molecular weight is 241 g/mol. The topological polar surface area (TPSA) is 67.8 Å². The number of nitrogens with two attached hydrogens (primary N) is 1. The van der Waals surface area contributed by atoms with E-state index in [-0.39, 0.29) is 0 Å². The maximum atomic E-state index is 5.65. The summed E-state index contributed by atoms with van der Waals surface area (Å²) >= 11 is 0. The first kappa shape index (κ1) is 11.0. The van der Waals surface area contributed by atoms with Gasteiger partial charge >= 0.3 is 0 Å². The molecule has 0 aliphatic heterocycles. The second kappa shape index (κ2) is 3.99. The molecule has 0 fully saturated rings. The summed E-state index contributed by atoms with van der Waals surface area (Å²) in [6, 6.07) is 6.30. The Morgan fingerprint density at radius 1 is 1.33 bits per heavy atom. The van der Waals surface area contributed by atoms with Gasteiger partial charge in [0.05, 0.1) is 18.3 Å². The fourth-order valence-electron chi connectivity index (χ4n) is 2.23. The van der Waals surface area contributed by atoms with Crippen LogP contribution >= 0.6 is 0 Å². The van der Waals surface area contributed by atoms with Gasteiger partial charge in [-0.05, 0) is 26.0 Å². The second-order valence-electron chi connectivity index (χ2n) is 4.51. The van der Waals surface area contributed by atoms with E-state index < -0.39 is 0 Å². The van der Waals surface area contributed by atoms with Gasteiger partial charge in [-0.1, -0.05) is 11.6 Å². The lowest BCUT2D eigenvalue weighted by molar-refractivity contribution is 0.521. The van der Waals surface area contributed by atoms with Crippen molar-refractivity contribution in [2.75, 3.05) is 0 Å². The first-order valence-electron chi connectivity index (χ1n) is 5.93. The van der Waals surface area contributed by atoms with E-state index in [1.54, 1.807) is 6.20 Å². The Bertz CT molecular complexity index is 709. The smallest absolute Gasteiger partial charge is 0.228 e. The molecule has 92 valence electrons. The molecule has 0 saturated heterocycles. The number of nitrogens with zero attached hydrogens (tertiary/aromatic N) is 1. The molecular weight excluding hydrogens is 226 g/mol. The summed E-state index contributed by atoms with van der Waals surface area (Å²) in [7, 11) is 0. The number of oxazole rings is 1. The molecule has 2 heterocycles. The second-order valence-corrected chi connectivity index (χ2v) is 4.51. The normalized spacial score (nSPS) is 11.3. The molecule has 0 atom stereocenters. The van der Waals surface area contributed by atoms with Crippen LogP contribution in [0.25, 0.3) is 22.4 Å². The van der Waals surface area contributed by atoms with E-state index in [1.807, 2.05) is 6.92 Å². The van der Waals surface area contributed by atoms with Crippen molar-refractivity contribution < 1.29 is 4.42 Å². The predicted molar refractivity (Wildman–Crippen MR) is 71.2 cm³/mol. The van der Waals surface area contributed by atoms with Crippen LogP contribution in [0.2, 0.25) is 0 Å². The average Bonchev–Trinajstić information content (AvgIpc) is 2.92. The molecule has 0 aliphatic carbocycles. The predicted octanol–water partition coefficient (Wildman–Crippen LogP) is 2.90. The Balaban J connectivity index is 2.26. The molecule has 3 aromatic rings. The Morgan fingerprint density at radius 3 is 2.89 bits per heavy atom. The highest BCUT2D eigenvalue weighted by Gasteiger charge is 2.15. The summed E-state index contributed by atoms with van der Waals surface area (Å²) in [5.41, 5.74) is 9.94. The zero-order valence-corrected chi connectivity index (χ0v) is 10.4. The third kappa shape index (κ3) is 1.62. The van der Waals surface area contributed by atoms with Gasteiger partial charge in [-0.25, -0.2) is 4.98 Å². The monoisotopic (exact) mass is 241 g/mol. The van der Waals surface area contributed by atoms with Crippen molar-refractivity contribution in [1.29, 1.82) is 0 Å². The van der Waals surface area contributed by atoms with Crippen molar-refractivity contribution >= 4 is 10.9 Å². The molecule has 0 bridgehead atoms. The zero-order valence-electron chi connectivity index (χ0n) is 10.4. The Labute approximate surface area is 105 Å². The van der Waals surface area contributed by atoms with Crippen molar-refractivity contribution in [2.24, 2.45) is 5.73 Å². The van der Waals surface area contributed by atoms with Crippen LogP contribution in [0.4, 0.5) is 0 Å². The molecule has 0 aliphatic rings. The SMILES string of the molecule is Cc1ccc2[nH]c(C)c(-c3ncc(CN)o3)c2c1. The molecule has 4 nitrogen and oxygen atoms in total. The molecule has 3 N–H and O–H groups in total. The van der Waals surface area contributed by atoms with Gasteiger partial charge in [0.2, 0.25) is 5.89 Å². The molecule has 0 spiro atoms. The third-order valence-corrected chi connectivity index (χ3v) is 3.11. The molecule has 0 unspecified atom stereocenters. The van der Waals surface area contributed by atoms with Gasteiger partial charge in [0.1, 0.15) is 5.76 Å². The van der Waals surface area contributed by atoms with Crippen LogP contribution in [-0.4, -0.2) is 9.97 Å². The van der Waals surface area contributed by atoms with Gasteiger partial charge in [0.15, 0.2) is 0 Å². The highest BCUT2D eigenvalue weighted by molar-refractivity contribution is 5.95. The fourth-order valence-corrected chi connectivity index (χ4v) is 2.23. The summed E-state index contributed by atoms with van der Waals surface area (Å²) in [5, 5.41) is 1.14. The number of hydrogen-bond donors (Lipinski definition) is 2. The number of H-pyrrole nitrogens is 1. The molecule has 3 rings (SSSR count). The molecule has 4 heteroatoms. The summed E-state index contributed by atoms with van der Waals surface area (Å²) in [5.74, 6) is 1.33. The lowest BCUT2D eigenvalue weighted by atomic mass is 10.1. The van der Waals surface area contributed by atoms with Crippen LogP contribution in [0, 0.1) is 13.8 Å². The fraction of sp³-hybridized carbons (Fsp3) is 0.214. The quantitative estimate of drug-likeness (QED) is 0.724. The van der Waals surface area contributed by atoms with Crippen molar-refractivity contribution in [3.05, 3.63) is 41.4 Å². The third-order valence-electron chi connectivity index (χ3n) is 3.11. The zero-order chi connectivity index (χ0) is 12.7. The minimum Gasteiger partial charge on any atom is -0.440 e. The van der Waals surface area contributed by atoms with Crippen molar-refractivity contribution in [3.8, 4) is 11.5 Å². The number of aromatic nitrogens is 2. The van der Waals surface area contributed by atoms with Gasteiger partial charge in [-0.15, -0.1) is 0 Å². The minimum absolute atomic E-state index is 0.368. The van der Waals surface area contributed by atoms with Gasteiger partial charge in [-0.2, -0.15) is 0 Å². The van der Waals surface area contributed by atoms with Crippen LogP contribution in [0.5, 0.6) is 0 Å². The number of hydrogen-bond acceptors (Lipinski definition) is 3.